The Bertz CT molecular complexity index is 516. The van der Waals surface area contributed by atoms with Gasteiger partial charge < -0.3 is 14.8 Å². The molecule has 0 aliphatic carbocycles. The van der Waals surface area contributed by atoms with Crippen molar-refractivity contribution < 1.29 is 14.3 Å². The number of hydrogen-bond acceptors (Lipinski definition) is 3. The van der Waals surface area contributed by atoms with E-state index in [0.717, 1.165) is 11.3 Å². The van der Waals surface area contributed by atoms with E-state index in [1.165, 1.54) is 6.07 Å². The summed E-state index contributed by atoms with van der Waals surface area (Å²) in [5.74, 6) is -0.722. The Morgan fingerprint density at radius 1 is 1.25 bits per heavy atom. The van der Waals surface area contributed by atoms with Crippen LogP contribution >= 0.6 is 0 Å². The van der Waals surface area contributed by atoms with E-state index in [1.807, 2.05) is 31.2 Å². The number of benzene rings is 1. The first-order valence-electron chi connectivity index (χ1n) is 4.82. The predicted octanol–water partition coefficient (Wildman–Crippen LogP) is 3.03. The SMILES string of the molecule is Cc1ccccc1Nc1ccc(C(=O)O)o1. The van der Waals surface area contributed by atoms with Gasteiger partial charge in [-0.3, -0.25) is 0 Å². The first-order chi connectivity index (χ1) is 7.66. The molecule has 1 aromatic heterocycles. The second kappa shape index (κ2) is 4.10. The molecule has 0 saturated carbocycles. The van der Waals surface area contributed by atoms with Crippen molar-refractivity contribution in [1.82, 2.24) is 0 Å². The molecule has 82 valence electrons. The Morgan fingerprint density at radius 2 is 2.00 bits per heavy atom. The summed E-state index contributed by atoms with van der Waals surface area (Å²) >= 11 is 0. The molecule has 0 aliphatic heterocycles. The summed E-state index contributed by atoms with van der Waals surface area (Å²) in [6, 6.07) is 10.7. The third-order valence-electron chi connectivity index (χ3n) is 2.22. The molecular weight excluding hydrogens is 206 g/mol. The van der Waals surface area contributed by atoms with E-state index < -0.39 is 5.97 Å². The van der Waals surface area contributed by atoms with Crippen molar-refractivity contribution in [2.45, 2.75) is 6.92 Å². The van der Waals surface area contributed by atoms with Crippen LogP contribution in [0.5, 0.6) is 0 Å². The Kier molecular flexibility index (Phi) is 2.64. The molecule has 16 heavy (non-hydrogen) atoms. The van der Waals surface area contributed by atoms with E-state index in [4.69, 9.17) is 9.52 Å². The van der Waals surface area contributed by atoms with Gasteiger partial charge in [0.15, 0.2) is 5.88 Å². The number of anilines is 2. The van der Waals surface area contributed by atoms with Gasteiger partial charge in [-0.15, -0.1) is 0 Å². The van der Waals surface area contributed by atoms with Crippen LogP contribution in [0.1, 0.15) is 16.1 Å². The number of rotatable bonds is 3. The van der Waals surface area contributed by atoms with Crippen molar-refractivity contribution in [3.63, 3.8) is 0 Å². The number of aryl methyl sites for hydroxylation is 1. The maximum Gasteiger partial charge on any atom is 0.371 e. The first-order valence-corrected chi connectivity index (χ1v) is 4.82. The fourth-order valence-corrected chi connectivity index (χ4v) is 1.37. The fourth-order valence-electron chi connectivity index (χ4n) is 1.37. The first kappa shape index (κ1) is 10.3. The quantitative estimate of drug-likeness (QED) is 0.829. The van der Waals surface area contributed by atoms with Gasteiger partial charge in [0.05, 0.1) is 0 Å². The minimum atomic E-state index is -1.07. The lowest BCUT2D eigenvalue weighted by Crippen LogP contribution is -1.93. The van der Waals surface area contributed by atoms with Gasteiger partial charge in [-0.25, -0.2) is 4.79 Å². The van der Waals surface area contributed by atoms with Crippen molar-refractivity contribution in [3.05, 3.63) is 47.7 Å². The zero-order valence-corrected chi connectivity index (χ0v) is 8.73. The molecule has 1 aromatic carbocycles. The maximum atomic E-state index is 10.6. The van der Waals surface area contributed by atoms with Crippen LogP contribution in [0.15, 0.2) is 40.8 Å². The Hall–Kier alpha value is -2.23. The second-order valence-electron chi connectivity index (χ2n) is 3.41. The van der Waals surface area contributed by atoms with Gasteiger partial charge in [-0.1, -0.05) is 18.2 Å². The van der Waals surface area contributed by atoms with E-state index in [2.05, 4.69) is 5.32 Å². The highest BCUT2D eigenvalue weighted by Gasteiger charge is 2.09. The minimum absolute atomic E-state index is 0.0731. The van der Waals surface area contributed by atoms with Crippen LogP contribution in [0.4, 0.5) is 11.6 Å². The van der Waals surface area contributed by atoms with Gasteiger partial charge in [0.1, 0.15) is 0 Å². The van der Waals surface area contributed by atoms with E-state index in [0.29, 0.717) is 5.88 Å². The highest BCUT2D eigenvalue weighted by Crippen LogP contribution is 2.21. The van der Waals surface area contributed by atoms with Gasteiger partial charge in [0, 0.05) is 11.8 Å². The summed E-state index contributed by atoms with van der Waals surface area (Å²) in [4.78, 5) is 10.6. The molecule has 0 radical (unpaired) electrons. The van der Waals surface area contributed by atoms with Crippen LogP contribution in [0.2, 0.25) is 0 Å². The van der Waals surface area contributed by atoms with Crippen LogP contribution in [-0.2, 0) is 0 Å². The van der Waals surface area contributed by atoms with E-state index in [1.54, 1.807) is 6.07 Å². The molecule has 4 nitrogen and oxygen atoms in total. The van der Waals surface area contributed by atoms with Gasteiger partial charge in [0.2, 0.25) is 5.76 Å². The highest BCUT2D eigenvalue weighted by atomic mass is 16.4. The summed E-state index contributed by atoms with van der Waals surface area (Å²) in [7, 11) is 0. The number of carbonyl (C=O) groups is 1. The topological polar surface area (TPSA) is 62.5 Å². The Morgan fingerprint density at radius 3 is 2.62 bits per heavy atom. The Balaban J connectivity index is 2.21. The molecular formula is C12H11NO3. The minimum Gasteiger partial charge on any atom is -0.475 e. The number of carboxylic acid groups (broad SMARTS) is 1. The standard InChI is InChI=1S/C12H11NO3/c1-8-4-2-3-5-9(8)13-11-7-6-10(16-11)12(14)15/h2-7,13H,1H3,(H,14,15). The number of hydrogen-bond donors (Lipinski definition) is 2. The molecule has 0 spiro atoms. The number of para-hydroxylation sites is 1. The maximum absolute atomic E-state index is 10.6. The average molecular weight is 217 g/mol. The lowest BCUT2D eigenvalue weighted by atomic mass is 10.2. The highest BCUT2D eigenvalue weighted by molar-refractivity contribution is 5.85. The van der Waals surface area contributed by atoms with Crippen molar-refractivity contribution >= 4 is 17.5 Å². The predicted molar refractivity (Wildman–Crippen MR) is 60.1 cm³/mol. The molecule has 2 N–H and O–H groups in total. The molecule has 4 heteroatoms. The van der Waals surface area contributed by atoms with Crippen LogP contribution in [-0.4, -0.2) is 11.1 Å². The molecule has 0 unspecified atom stereocenters. The molecule has 2 rings (SSSR count). The second-order valence-corrected chi connectivity index (χ2v) is 3.41. The van der Waals surface area contributed by atoms with Gasteiger partial charge in [-0.05, 0) is 24.6 Å². The van der Waals surface area contributed by atoms with Crippen molar-refractivity contribution in [1.29, 1.82) is 0 Å². The summed E-state index contributed by atoms with van der Waals surface area (Å²) < 4.78 is 5.09. The molecule has 1 heterocycles. The Labute approximate surface area is 92.5 Å². The molecule has 0 bridgehead atoms. The zero-order valence-electron chi connectivity index (χ0n) is 8.73. The largest absolute Gasteiger partial charge is 0.475 e. The molecule has 0 aliphatic rings. The smallest absolute Gasteiger partial charge is 0.371 e. The lowest BCUT2D eigenvalue weighted by Gasteiger charge is -2.05. The fraction of sp³-hybridized carbons (Fsp3) is 0.0833. The zero-order chi connectivity index (χ0) is 11.5. The van der Waals surface area contributed by atoms with E-state index in [-0.39, 0.29) is 5.76 Å². The summed E-state index contributed by atoms with van der Waals surface area (Å²) in [6.45, 7) is 1.96. The number of carboxylic acids is 1. The van der Waals surface area contributed by atoms with E-state index in [9.17, 15) is 4.79 Å². The molecule has 0 saturated heterocycles. The number of furan rings is 1. The lowest BCUT2D eigenvalue weighted by molar-refractivity contribution is 0.0663. The molecule has 2 aromatic rings. The molecule has 0 amide bonds. The van der Waals surface area contributed by atoms with Crippen LogP contribution in [0.25, 0.3) is 0 Å². The summed E-state index contributed by atoms with van der Waals surface area (Å²) in [6.07, 6.45) is 0. The van der Waals surface area contributed by atoms with E-state index >= 15 is 0 Å². The van der Waals surface area contributed by atoms with Crippen LogP contribution in [0, 0.1) is 6.92 Å². The number of nitrogens with one attached hydrogen (secondary N) is 1. The third-order valence-corrected chi connectivity index (χ3v) is 2.22. The third kappa shape index (κ3) is 2.06. The van der Waals surface area contributed by atoms with Gasteiger partial charge in [0.25, 0.3) is 0 Å². The number of aromatic carboxylic acids is 1. The van der Waals surface area contributed by atoms with Crippen LogP contribution in [0.3, 0.4) is 0 Å². The monoisotopic (exact) mass is 217 g/mol. The normalized spacial score (nSPS) is 10.1. The van der Waals surface area contributed by atoms with Crippen molar-refractivity contribution in [3.8, 4) is 0 Å². The van der Waals surface area contributed by atoms with Crippen molar-refractivity contribution in [2.24, 2.45) is 0 Å². The molecule has 0 fully saturated rings. The summed E-state index contributed by atoms with van der Waals surface area (Å²) in [5, 5.41) is 11.7. The summed E-state index contributed by atoms with van der Waals surface area (Å²) in [5.41, 5.74) is 1.96. The van der Waals surface area contributed by atoms with Crippen LogP contribution < -0.4 is 5.32 Å². The van der Waals surface area contributed by atoms with Crippen molar-refractivity contribution in [2.75, 3.05) is 5.32 Å². The van der Waals surface area contributed by atoms with Gasteiger partial charge in [-0.2, -0.15) is 0 Å². The van der Waals surface area contributed by atoms with Gasteiger partial charge >= 0.3 is 5.97 Å². The average Bonchev–Trinajstić information content (AvgIpc) is 2.70. The molecule has 0 atom stereocenters.